The first-order chi connectivity index (χ1) is 16.3. The van der Waals surface area contributed by atoms with Gasteiger partial charge in [0.2, 0.25) is 0 Å². The molecule has 0 saturated heterocycles. The van der Waals surface area contributed by atoms with E-state index in [2.05, 4.69) is 15.3 Å². The molecule has 0 amide bonds. The molecule has 0 aliphatic rings. The third kappa shape index (κ3) is 3.85. The van der Waals surface area contributed by atoms with Crippen molar-refractivity contribution in [1.29, 1.82) is 0 Å². The molecule has 0 aliphatic carbocycles. The first-order valence-corrected chi connectivity index (χ1v) is 10.5. The van der Waals surface area contributed by atoms with Gasteiger partial charge in [-0.3, -0.25) is 9.36 Å². The molecule has 0 bridgehead atoms. The second-order valence-corrected chi connectivity index (χ2v) is 7.82. The van der Waals surface area contributed by atoms with Crippen molar-refractivity contribution in [2.24, 2.45) is 0 Å². The molecule has 34 heavy (non-hydrogen) atoms. The average Bonchev–Trinajstić information content (AvgIpc) is 3.28. The summed E-state index contributed by atoms with van der Waals surface area (Å²) in [5.74, 6) is 0.388. The van der Waals surface area contributed by atoms with Crippen molar-refractivity contribution in [2.45, 2.75) is 19.6 Å². The normalized spacial score (nSPS) is 11.8. The first-order valence-electron chi connectivity index (χ1n) is 10.5. The van der Waals surface area contributed by atoms with E-state index in [-0.39, 0.29) is 23.4 Å². The molecule has 0 radical (unpaired) electrons. The molecule has 3 aromatic carbocycles. The van der Waals surface area contributed by atoms with Crippen LogP contribution >= 0.6 is 0 Å². The van der Waals surface area contributed by atoms with Crippen LogP contribution in [0.4, 0.5) is 13.2 Å². The Bertz CT molecular complexity index is 1570. The Balaban J connectivity index is 1.63. The van der Waals surface area contributed by atoms with E-state index in [4.69, 9.17) is 0 Å². The number of benzene rings is 3. The SMILES string of the molecule is Cc1ccccc1-n1c(Cn2cc(-c3ccccc3C(F)(F)F)nn2)nc2ccccc2c1=O. The highest BCUT2D eigenvalue weighted by atomic mass is 19.4. The number of hydrogen-bond donors (Lipinski definition) is 0. The molecule has 5 aromatic rings. The highest BCUT2D eigenvalue weighted by Gasteiger charge is 2.34. The van der Waals surface area contributed by atoms with Crippen molar-refractivity contribution in [2.75, 3.05) is 0 Å². The van der Waals surface area contributed by atoms with Gasteiger partial charge >= 0.3 is 6.18 Å². The maximum absolute atomic E-state index is 13.5. The number of aromatic nitrogens is 5. The quantitative estimate of drug-likeness (QED) is 0.377. The van der Waals surface area contributed by atoms with Crippen molar-refractivity contribution in [3.8, 4) is 16.9 Å². The van der Waals surface area contributed by atoms with Crippen LogP contribution in [-0.2, 0) is 12.7 Å². The van der Waals surface area contributed by atoms with Crippen LogP contribution in [0.2, 0.25) is 0 Å². The van der Waals surface area contributed by atoms with Crippen LogP contribution in [0.1, 0.15) is 17.0 Å². The lowest BCUT2D eigenvalue weighted by Gasteiger charge is -2.15. The van der Waals surface area contributed by atoms with Gasteiger partial charge < -0.3 is 0 Å². The molecule has 0 unspecified atom stereocenters. The van der Waals surface area contributed by atoms with E-state index in [9.17, 15) is 18.0 Å². The van der Waals surface area contributed by atoms with Crippen molar-refractivity contribution in [3.05, 3.63) is 106 Å². The molecule has 9 heteroatoms. The van der Waals surface area contributed by atoms with Gasteiger partial charge in [0.15, 0.2) is 0 Å². The Kier molecular flexibility index (Phi) is 5.24. The summed E-state index contributed by atoms with van der Waals surface area (Å²) >= 11 is 0. The predicted octanol–water partition coefficient (Wildman–Crippen LogP) is 5.02. The lowest BCUT2D eigenvalue weighted by Crippen LogP contribution is -2.26. The zero-order valence-electron chi connectivity index (χ0n) is 18.0. The number of hydrogen-bond acceptors (Lipinski definition) is 4. The van der Waals surface area contributed by atoms with Gasteiger partial charge in [-0.2, -0.15) is 13.2 Å². The topological polar surface area (TPSA) is 65.6 Å². The van der Waals surface area contributed by atoms with Gasteiger partial charge in [0.1, 0.15) is 18.1 Å². The largest absolute Gasteiger partial charge is 0.417 e. The predicted molar refractivity (Wildman–Crippen MR) is 122 cm³/mol. The number of alkyl halides is 3. The Hall–Kier alpha value is -4.27. The van der Waals surface area contributed by atoms with Gasteiger partial charge in [-0.05, 0) is 36.8 Å². The van der Waals surface area contributed by atoms with Gasteiger partial charge in [0.25, 0.3) is 5.56 Å². The minimum atomic E-state index is -4.52. The number of fused-ring (bicyclic) bond motifs is 1. The molecule has 0 fully saturated rings. The minimum absolute atomic E-state index is 0.0373. The number of halogens is 3. The summed E-state index contributed by atoms with van der Waals surface area (Å²) in [6.45, 7) is 1.93. The summed E-state index contributed by atoms with van der Waals surface area (Å²) in [6, 6.07) is 19.7. The fraction of sp³-hybridized carbons (Fsp3) is 0.120. The first kappa shape index (κ1) is 21.6. The maximum Gasteiger partial charge on any atom is 0.417 e. The minimum Gasteiger partial charge on any atom is -0.268 e. The molecule has 6 nitrogen and oxygen atoms in total. The monoisotopic (exact) mass is 461 g/mol. The number of para-hydroxylation sites is 2. The molecule has 0 spiro atoms. The van der Waals surface area contributed by atoms with E-state index < -0.39 is 11.7 Å². The highest BCUT2D eigenvalue weighted by molar-refractivity contribution is 5.78. The Labute approximate surface area is 191 Å². The van der Waals surface area contributed by atoms with Crippen LogP contribution in [0.3, 0.4) is 0 Å². The van der Waals surface area contributed by atoms with Gasteiger partial charge in [-0.25, -0.2) is 9.67 Å². The molecular formula is C25H18F3N5O. The third-order valence-corrected chi connectivity index (χ3v) is 5.55. The maximum atomic E-state index is 13.5. The van der Waals surface area contributed by atoms with E-state index >= 15 is 0 Å². The van der Waals surface area contributed by atoms with Crippen LogP contribution in [0, 0.1) is 6.92 Å². The van der Waals surface area contributed by atoms with E-state index in [1.807, 2.05) is 31.2 Å². The Morgan fingerprint density at radius 3 is 2.41 bits per heavy atom. The number of aryl methyl sites for hydroxylation is 1. The molecule has 2 heterocycles. The van der Waals surface area contributed by atoms with Gasteiger partial charge in [-0.1, -0.05) is 53.7 Å². The zero-order valence-corrected chi connectivity index (χ0v) is 18.0. The smallest absolute Gasteiger partial charge is 0.268 e. The van der Waals surface area contributed by atoms with Crippen LogP contribution in [0.25, 0.3) is 27.8 Å². The number of rotatable bonds is 4. The van der Waals surface area contributed by atoms with E-state index in [0.717, 1.165) is 11.6 Å². The second-order valence-electron chi connectivity index (χ2n) is 7.82. The van der Waals surface area contributed by atoms with E-state index in [1.165, 1.54) is 33.6 Å². The Morgan fingerprint density at radius 1 is 0.912 bits per heavy atom. The van der Waals surface area contributed by atoms with Crippen LogP contribution in [0.5, 0.6) is 0 Å². The van der Waals surface area contributed by atoms with Crippen LogP contribution < -0.4 is 5.56 Å². The molecule has 170 valence electrons. The van der Waals surface area contributed by atoms with E-state index in [1.54, 1.807) is 24.3 Å². The van der Waals surface area contributed by atoms with Crippen LogP contribution in [0.15, 0.2) is 83.8 Å². The molecule has 0 N–H and O–H groups in total. The van der Waals surface area contributed by atoms with Gasteiger partial charge in [0.05, 0.1) is 28.4 Å². The molecular weight excluding hydrogens is 443 g/mol. The van der Waals surface area contributed by atoms with Gasteiger partial charge in [0, 0.05) is 5.56 Å². The summed E-state index contributed by atoms with van der Waals surface area (Å²) in [6.07, 6.45) is -3.10. The summed E-state index contributed by atoms with van der Waals surface area (Å²) < 4.78 is 43.3. The van der Waals surface area contributed by atoms with E-state index in [0.29, 0.717) is 22.4 Å². The summed E-state index contributed by atoms with van der Waals surface area (Å²) in [7, 11) is 0. The van der Waals surface area contributed by atoms with Gasteiger partial charge in [-0.15, -0.1) is 5.10 Å². The lowest BCUT2D eigenvalue weighted by atomic mass is 10.1. The summed E-state index contributed by atoms with van der Waals surface area (Å²) in [4.78, 5) is 18.1. The standard InChI is InChI=1S/C25H18F3N5O/c1-16-8-2-7-13-22(16)33-23(29-20-12-6-4-10-18(20)24(33)34)15-32-14-21(30-31-32)17-9-3-5-11-19(17)25(26,27)28/h2-14H,15H2,1H3. The van der Waals surface area contributed by atoms with Crippen molar-refractivity contribution in [1.82, 2.24) is 24.5 Å². The highest BCUT2D eigenvalue weighted by Crippen LogP contribution is 2.36. The molecule has 2 aromatic heterocycles. The fourth-order valence-corrected chi connectivity index (χ4v) is 3.95. The summed E-state index contributed by atoms with van der Waals surface area (Å²) in [5, 5.41) is 8.45. The Morgan fingerprint density at radius 2 is 1.62 bits per heavy atom. The molecule has 0 saturated carbocycles. The zero-order chi connectivity index (χ0) is 23.9. The average molecular weight is 461 g/mol. The third-order valence-electron chi connectivity index (χ3n) is 5.55. The second kappa shape index (κ2) is 8.26. The summed E-state index contributed by atoms with van der Waals surface area (Å²) in [5.41, 5.74) is 1.06. The molecule has 0 aliphatic heterocycles. The molecule has 0 atom stereocenters. The number of nitrogens with zero attached hydrogens (tertiary/aromatic N) is 5. The lowest BCUT2D eigenvalue weighted by molar-refractivity contribution is -0.137. The fourth-order valence-electron chi connectivity index (χ4n) is 3.95. The molecule has 5 rings (SSSR count). The van der Waals surface area contributed by atoms with Crippen molar-refractivity contribution in [3.63, 3.8) is 0 Å². The van der Waals surface area contributed by atoms with Crippen LogP contribution in [-0.4, -0.2) is 24.5 Å². The van der Waals surface area contributed by atoms with Crippen molar-refractivity contribution < 1.29 is 13.2 Å². The van der Waals surface area contributed by atoms with Crippen molar-refractivity contribution >= 4 is 10.9 Å².